The predicted molar refractivity (Wildman–Crippen MR) is 145 cm³/mol. The Morgan fingerprint density at radius 3 is 2.41 bits per heavy atom. The second-order valence-electron chi connectivity index (χ2n) is 9.23. The van der Waals surface area contributed by atoms with E-state index in [1.807, 2.05) is 67.6 Å². The molecular weight excluding hydrogens is 496 g/mol. The van der Waals surface area contributed by atoms with Crippen molar-refractivity contribution in [1.29, 1.82) is 0 Å². The zero-order valence-corrected chi connectivity index (χ0v) is 21.5. The smallest absolute Gasteiger partial charge is 0.415 e. The fraction of sp³-hybridized carbons (Fsp3) is 0.194. The van der Waals surface area contributed by atoms with Gasteiger partial charge >= 0.3 is 12.1 Å². The summed E-state index contributed by atoms with van der Waals surface area (Å²) in [6.07, 6.45) is 0.390. The molecular formula is C31H28N2O6. The van der Waals surface area contributed by atoms with E-state index in [2.05, 4.69) is 4.98 Å². The molecule has 1 aliphatic heterocycles. The van der Waals surface area contributed by atoms with E-state index in [0.29, 0.717) is 42.4 Å². The third kappa shape index (κ3) is 6.35. The molecule has 0 fully saturated rings. The number of aromatic nitrogens is 1. The molecule has 1 amide bonds. The third-order valence-electron chi connectivity index (χ3n) is 6.46. The van der Waals surface area contributed by atoms with Crippen molar-refractivity contribution in [2.24, 2.45) is 0 Å². The van der Waals surface area contributed by atoms with Crippen molar-refractivity contribution in [1.82, 2.24) is 9.88 Å². The minimum absolute atomic E-state index is 0.00541. The number of benzene rings is 3. The van der Waals surface area contributed by atoms with Gasteiger partial charge in [0.25, 0.3) is 0 Å². The van der Waals surface area contributed by atoms with Gasteiger partial charge in [0.05, 0.1) is 24.4 Å². The molecule has 0 spiro atoms. The fourth-order valence-corrected chi connectivity index (χ4v) is 4.47. The molecule has 2 heterocycles. The Labute approximate surface area is 226 Å². The van der Waals surface area contributed by atoms with Crippen molar-refractivity contribution in [3.05, 3.63) is 113 Å². The van der Waals surface area contributed by atoms with Crippen molar-refractivity contribution in [3.8, 4) is 23.0 Å². The number of carbonyl (C=O) groups excluding carboxylic acids is 1. The normalized spacial score (nSPS) is 13.0. The second kappa shape index (κ2) is 11.7. The number of rotatable bonds is 9. The Kier molecular flexibility index (Phi) is 7.73. The summed E-state index contributed by atoms with van der Waals surface area (Å²) in [5, 5.41) is 9.75. The van der Waals surface area contributed by atoms with E-state index >= 15 is 0 Å². The fourth-order valence-electron chi connectivity index (χ4n) is 4.47. The van der Waals surface area contributed by atoms with Crippen molar-refractivity contribution >= 4 is 12.1 Å². The Hall–Kier alpha value is -4.85. The van der Waals surface area contributed by atoms with Crippen LogP contribution in [0.5, 0.6) is 11.5 Å². The highest BCUT2D eigenvalue weighted by Crippen LogP contribution is 2.26. The maximum absolute atomic E-state index is 12.6. The van der Waals surface area contributed by atoms with Crippen LogP contribution in [-0.2, 0) is 17.6 Å². The lowest BCUT2D eigenvalue weighted by molar-refractivity contribution is -0.132. The molecule has 1 aliphatic rings. The number of hydrogen-bond acceptors (Lipinski definition) is 6. The van der Waals surface area contributed by atoms with Crippen molar-refractivity contribution in [2.45, 2.75) is 19.8 Å². The minimum atomic E-state index is -1.04. The van der Waals surface area contributed by atoms with Gasteiger partial charge in [-0.25, -0.2) is 14.6 Å². The average Bonchev–Trinajstić information content (AvgIpc) is 3.54. The third-order valence-corrected chi connectivity index (χ3v) is 6.46. The van der Waals surface area contributed by atoms with Crippen LogP contribution in [0.15, 0.2) is 100 Å². The number of nitrogens with zero attached hydrogens (tertiary/aromatic N) is 2. The summed E-state index contributed by atoms with van der Waals surface area (Å²) in [4.78, 5) is 30.6. The number of ether oxygens (including phenoxy) is 2. The summed E-state index contributed by atoms with van der Waals surface area (Å²) in [5.41, 5.74) is 3.53. The highest BCUT2D eigenvalue weighted by molar-refractivity contribution is 5.90. The number of hydrogen-bond donors (Lipinski definition) is 1. The molecule has 5 rings (SSSR count). The van der Waals surface area contributed by atoms with Gasteiger partial charge in [0.2, 0.25) is 5.89 Å². The van der Waals surface area contributed by atoms with Crippen molar-refractivity contribution in [3.63, 3.8) is 0 Å². The summed E-state index contributed by atoms with van der Waals surface area (Å²) in [6.45, 7) is 2.49. The molecule has 3 aromatic carbocycles. The molecule has 198 valence electrons. The maximum Gasteiger partial charge on any atom is 0.415 e. The van der Waals surface area contributed by atoms with Crippen molar-refractivity contribution in [2.75, 3.05) is 19.7 Å². The number of aryl methyl sites for hydroxylation is 1. The first-order valence-corrected chi connectivity index (χ1v) is 12.7. The van der Waals surface area contributed by atoms with E-state index < -0.39 is 12.1 Å². The first kappa shape index (κ1) is 25.8. The number of amides is 1. The van der Waals surface area contributed by atoms with E-state index in [4.69, 9.17) is 13.9 Å². The van der Waals surface area contributed by atoms with E-state index in [9.17, 15) is 14.7 Å². The summed E-state index contributed by atoms with van der Waals surface area (Å²) in [7, 11) is 0. The first-order chi connectivity index (χ1) is 19.0. The van der Waals surface area contributed by atoms with Gasteiger partial charge in [-0.2, -0.15) is 0 Å². The van der Waals surface area contributed by atoms with E-state index in [1.54, 1.807) is 24.3 Å². The molecule has 1 N–H and O–H groups in total. The van der Waals surface area contributed by atoms with Crippen LogP contribution in [0.1, 0.15) is 17.0 Å². The Morgan fingerprint density at radius 1 is 0.949 bits per heavy atom. The summed E-state index contributed by atoms with van der Waals surface area (Å²) in [6, 6.07) is 26.0. The Bertz CT molecular complexity index is 1490. The molecule has 0 saturated heterocycles. The highest BCUT2D eigenvalue weighted by atomic mass is 16.6. The molecule has 0 bridgehead atoms. The summed E-state index contributed by atoms with van der Waals surface area (Å²) < 4.78 is 17.2. The maximum atomic E-state index is 12.6. The van der Waals surface area contributed by atoms with Crippen LogP contribution in [0.2, 0.25) is 0 Å². The monoisotopic (exact) mass is 524 g/mol. The Balaban J connectivity index is 1.19. The molecule has 8 nitrogen and oxygen atoms in total. The number of para-hydroxylation sites is 1. The summed E-state index contributed by atoms with van der Waals surface area (Å²) >= 11 is 0. The minimum Gasteiger partial charge on any atom is -0.493 e. The van der Waals surface area contributed by atoms with Crippen LogP contribution in [-0.4, -0.2) is 46.7 Å². The lowest BCUT2D eigenvalue weighted by atomic mass is 10.0. The van der Waals surface area contributed by atoms with E-state index in [0.717, 1.165) is 22.6 Å². The second-order valence-corrected chi connectivity index (χ2v) is 9.23. The molecule has 0 saturated carbocycles. The summed E-state index contributed by atoms with van der Waals surface area (Å²) in [5.74, 6) is 1.40. The van der Waals surface area contributed by atoms with E-state index in [1.165, 1.54) is 4.90 Å². The number of carbonyl (C=O) groups is 2. The van der Waals surface area contributed by atoms with Crippen LogP contribution >= 0.6 is 0 Å². The number of carboxylic acid groups (broad SMARTS) is 1. The zero-order valence-electron chi connectivity index (χ0n) is 21.5. The molecule has 1 aromatic heterocycles. The van der Waals surface area contributed by atoms with Gasteiger partial charge in [-0.05, 0) is 60.9 Å². The van der Waals surface area contributed by atoms with Crippen molar-refractivity contribution < 1.29 is 28.6 Å². The van der Waals surface area contributed by atoms with Gasteiger partial charge in [-0.1, -0.05) is 48.5 Å². The number of oxazole rings is 1. The highest BCUT2D eigenvalue weighted by Gasteiger charge is 2.30. The number of aliphatic carboxylic acids is 1. The molecule has 0 atom stereocenters. The lowest BCUT2D eigenvalue weighted by Gasteiger charge is -2.16. The van der Waals surface area contributed by atoms with Gasteiger partial charge in [0.15, 0.2) is 0 Å². The van der Waals surface area contributed by atoms with Gasteiger partial charge in [-0.15, -0.1) is 0 Å². The standard InChI is InChI=1S/C31H28N2O6/c1-21-28(32-29(38-21)23-10-4-2-5-11-23)15-16-37-26-14-8-9-22(18-26)17-24-19-33(20-27(24)30(34)35)31(36)39-25-12-6-3-7-13-25/h2-14,18H,15-17,19-20H2,1H3,(H,34,35). The zero-order chi connectivity index (χ0) is 27.2. The topological polar surface area (TPSA) is 102 Å². The molecule has 0 radical (unpaired) electrons. The predicted octanol–water partition coefficient (Wildman–Crippen LogP) is 5.71. The Morgan fingerprint density at radius 2 is 1.67 bits per heavy atom. The van der Waals surface area contributed by atoms with Gasteiger partial charge in [0.1, 0.15) is 17.3 Å². The average molecular weight is 525 g/mol. The molecule has 4 aromatic rings. The van der Waals surface area contributed by atoms with Gasteiger partial charge < -0.3 is 19.0 Å². The van der Waals surface area contributed by atoms with Gasteiger partial charge in [-0.3, -0.25) is 4.90 Å². The van der Waals surface area contributed by atoms with Crippen LogP contribution in [0.3, 0.4) is 0 Å². The van der Waals surface area contributed by atoms with E-state index in [-0.39, 0.29) is 18.7 Å². The largest absolute Gasteiger partial charge is 0.493 e. The van der Waals surface area contributed by atoms with Gasteiger partial charge in [0, 0.05) is 18.5 Å². The molecule has 0 aliphatic carbocycles. The number of carboxylic acids is 1. The quantitative estimate of drug-likeness (QED) is 0.299. The first-order valence-electron chi connectivity index (χ1n) is 12.7. The molecule has 8 heteroatoms. The lowest BCUT2D eigenvalue weighted by Crippen LogP contribution is -2.32. The van der Waals surface area contributed by atoms with Crippen LogP contribution in [0, 0.1) is 6.92 Å². The molecule has 39 heavy (non-hydrogen) atoms. The van der Waals surface area contributed by atoms with Crippen LogP contribution in [0.4, 0.5) is 4.79 Å². The van der Waals surface area contributed by atoms with Crippen LogP contribution in [0.25, 0.3) is 11.5 Å². The SMILES string of the molecule is Cc1oc(-c2ccccc2)nc1CCOc1cccc(CC2=C(C(=O)O)CN(C(=O)Oc3ccccc3)C2)c1. The molecule has 0 unspecified atom stereocenters. The van der Waals surface area contributed by atoms with Crippen LogP contribution < -0.4 is 9.47 Å².